The molecular weight excluding hydrogens is 278 g/mol. The summed E-state index contributed by atoms with van der Waals surface area (Å²) >= 11 is 1.80. The first-order valence-corrected chi connectivity index (χ1v) is 8.86. The summed E-state index contributed by atoms with van der Waals surface area (Å²) in [5.41, 5.74) is 2.44. The summed E-state index contributed by atoms with van der Waals surface area (Å²) in [6.07, 6.45) is 6.67. The minimum absolute atomic E-state index is 0.596. The molecule has 0 aliphatic carbocycles. The number of hydrogen-bond acceptors (Lipinski definition) is 4. The van der Waals surface area contributed by atoms with Crippen molar-refractivity contribution in [1.82, 2.24) is 9.88 Å². The van der Waals surface area contributed by atoms with Gasteiger partial charge in [0.1, 0.15) is 0 Å². The van der Waals surface area contributed by atoms with Gasteiger partial charge in [0, 0.05) is 18.1 Å². The van der Waals surface area contributed by atoms with Gasteiger partial charge in [-0.2, -0.15) is 0 Å². The maximum absolute atomic E-state index is 4.75. The molecule has 3 nitrogen and oxygen atoms in total. The molecule has 2 aliphatic heterocycles. The largest absolute Gasteiger partial charge is 0.359 e. The molecule has 1 aromatic heterocycles. The first-order valence-electron chi connectivity index (χ1n) is 8.05. The molecule has 2 atom stereocenters. The summed E-state index contributed by atoms with van der Waals surface area (Å²) in [5.74, 6) is 0. The lowest BCUT2D eigenvalue weighted by atomic mass is 9.82. The fourth-order valence-corrected chi connectivity index (χ4v) is 5.04. The Morgan fingerprint density at radius 3 is 2.76 bits per heavy atom. The normalized spacial score (nSPS) is 29.7. The van der Waals surface area contributed by atoms with E-state index >= 15 is 0 Å². The molecule has 2 aromatic rings. The smallest absolute Gasteiger partial charge is 0.184 e. The number of aryl methyl sites for hydroxylation is 1. The van der Waals surface area contributed by atoms with Crippen LogP contribution in [0.4, 0.5) is 5.13 Å². The molecule has 1 aromatic carbocycles. The number of hydrogen-bond donors (Lipinski definition) is 1. The number of fused-ring (bicyclic) bond motifs is 3. The standard InChI is InChI=1S/C17H23N3S/c1-11-6-7-15-16(8-11)21-17(19-15)18-12-9-13-4-3-5-14(10-12)20(13)2/h6-8,12-14H,3-5,9-10H2,1-2H3,(H,18,19). The Morgan fingerprint density at radius 2 is 2.00 bits per heavy atom. The maximum atomic E-state index is 4.75. The number of nitrogens with one attached hydrogen (secondary N) is 1. The van der Waals surface area contributed by atoms with E-state index in [9.17, 15) is 0 Å². The molecule has 21 heavy (non-hydrogen) atoms. The summed E-state index contributed by atoms with van der Waals surface area (Å²) in [6.45, 7) is 2.14. The van der Waals surface area contributed by atoms with Crippen molar-refractivity contribution in [2.75, 3.05) is 12.4 Å². The SMILES string of the molecule is Cc1ccc2nc(NC3CC4CCCC(C3)N4C)sc2c1. The number of aromatic nitrogens is 1. The van der Waals surface area contributed by atoms with Crippen molar-refractivity contribution in [1.29, 1.82) is 0 Å². The zero-order valence-electron chi connectivity index (χ0n) is 12.8. The van der Waals surface area contributed by atoms with E-state index in [4.69, 9.17) is 4.98 Å². The first-order chi connectivity index (χ1) is 10.2. The molecule has 2 aliphatic rings. The van der Waals surface area contributed by atoms with Gasteiger partial charge in [-0.05, 0) is 57.4 Å². The van der Waals surface area contributed by atoms with Gasteiger partial charge in [-0.25, -0.2) is 4.98 Å². The van der Waals surface area contributed by atoms with Crippen LogP contribution in [0.5, 0.6) is 0 Å². The fraction of sp³-hybridized carbons (Fsp3) is 0.588. The molecule has 2 unspecified atom stereocenters. The monoisotopic (exact) mass is 301 g/mol. The lowest BCUT2D eigenvalue weighted by Crippen LogP contribution is -2.52. The first kappa shape index (κ1) is 13.5. The molecule has 0 saturated carbocycles. The van der Waals surface area contributed by atoms with Crippen LogP contribution in [0.25, 0.3) is 10.2 Å². The minimum Gasteiger partial charge on any atom is -0.359 e. The van der Waals surface area contributed by atoms with Gasteiger partial charge in [0.25, 0.3) is 0 Å². The van der Waals surface area contributed by atoms with E-state index < -0.39 is 0 Å². The summed E-state index contributed by atoms with van der Waals surface area (Å²) in [6, 6.07) is 8.65. The van der Waals surface area contributed by atoms with Gasteiger partial charge in [0.2, 0.25) is 0 Å². The third kappa shape index (κ3) is 2.55. The molecule has 2 saturated heterocycles. The van der Waals surface area contributed by atoms with E-state index in [-0.39, 0.29) is 0 Å². The highest BCUT2D eigenvalue weighted by molar-refractivity contribution is 7.22. The third-order valence-corrected chi connectivity index (χ3v) is 6.16. The molecule has 1 N–H and O–H groups in total. The molecule has 0 radical (unpaired) electrons. The van der Waals surface area contributed by atoms with Crippen molar-refractivity contribution in [3.8, 4) is 0 Å². The molecule has 0 amide bonds. The fourth-order valence-electron chi connectivity index (χ4n) is 4.00. The molecule has 4 rings (SSSR count). The molecule has 3 heterocycles. The van der Waals surface area contributed by atoms with Crippen molar-refractivity contribution in [3.05, 3.63) is 23.8 Å². The predicted molar refractivity (Wildman–Crippen MR) is 90.2 cm³/mol. The van der Waals surface area contributed by atoms with Gasteiger partial charge in [0.05, 0.1) is 10.2 Å². The van der Waals surface area contributed by atoms with Crippen LogP contribution in [-0.2, 0) is 0 Å². The van der Waals surface area contributed by atoms with Crippen molar-refractivity contribution < 1.29 is 0 Å². The van der Waals surface area contributed by atoms with Crippen molar-refractivity contribution in [3.63, 3.8) is 0 Å². The predicted octanol–water partition coefficient (Wildman–Crippen LogP) is 4.03. The van der Waals surface area contributed by atoms with Gasteiger partial charge in [-0.3, -0.25) is 0 Å². The number of benzene rings is 1. The van der Waals surface area contributed by atoms with Gasteiger partial charge >= 0.3 is 0 Å². The van der Waals surface area contributed by atoms with Crippen molar-refractivity contribution >= 4 is 26.7 Å². The number of anilines is 1. The van der Waals surface area contributed by atoms with Gasteiger partial charge in [-0.15, -0.1) is 0 Å². The third-order valence-electron chi connectivity index (χ3n) is 5.21. The molecule has 2 fully saturated rings. The Kier molecular flexibility index (Phi) is 3.38. The van der Waals surface area contributed by atoms with Crippen molar-refractivity contribution in [2.24, 2.45) is 0 Å². The van der Waals surface area contributed by atoms with Crippen LogP contribution < -0.4 is 5.32 Å². The molecular formula is C17H23N3S. The summed E-state index contributed by atoms with van der Waals surface area (Å²) in [5, 5.41) is 4.82. The number of piperidine rings is 2. The van der Waals surface area contributed by atoms with E-state index in [0.29, 0.717) is 6.04 Å². The molecule has 112 valence electrons. The van der Waals surface area contributed by atoms with Crippen LogP contribution in [0.15, 0.2) is 18.2 Å². The lowest BCUT2D eigenvalue weighted by Gasteiger charge is -2.47. The Morgan fingerprint density at radius 1 is 1.24 bits per heavy atom. The average Bonchev–Trinajstić information content (AvgIpc) is 2.81. The second-order valence-corrected chi connectivity index (χ2v) is 7.74. The zero-order valence-corrected chi connectivity index (χ0v) is 13.6. The average molecular weight is 301 g/mol. The van der Waals surface area contributed by atoms with E-state index in [1.54, 1.807) is 11.3 Å². The lowest BCUT2D eigenvalue weighted by molar-refractivity contribution is 0.0608. The van der Waals surface area contributed by atoms with E-state index in [1.807, 2.05) is 0 Å². The maximum Gasteiger partial charge on any atom is 0.184 e. The van der Waals surface area contributed by atoms with Gasteiger partial charge < -0.3 is 10.2 Å². The molecule has 4 heteroatoms. The van der Waals surface area contributed by atoms with Crippen LogP contribution in [0.3, 0.4) is 0 Å². The highest BCUT2D eigenvalue weighted by Crippen LogP contribution is 2.35. The van der Waals surface area contributed by atoms with E-state index in [2.05, 4.69) is 42.4 Å². The van der Waals surface area contributed by atoms with Crippen LogP contribution >= 0.6 is 11.3 Å². The summed E-state index contributed by atoms with van der Waals surface area (Å²) < 4.78 is 1.30. The van der Waals surface area contributed by atoms with Crippen LogP contribution in [0.2, 0.25) is 0 Å². The minimum atomic E-state index is 0.596. The molecule has 2 bridgehead atoms. The Hall–Kier alpha value is -1.13. The number of thiazole rings is 1. The highest BCUT2D eigenvalue weighted by Gasteiger charge is 2.36. The second kappa shape index (κ2) is 5.25. The van der Waals surface area contributed by atoms with Crippen molar-refractivity contribution in [2.45, 2.75) is 57.2 Å². The Bertz CT molecular complexity index is 637. The van der Waals surface area contributed by atoms with Gasteiger partial charge in [-0.1, -0.05) is 23.8 Å². The number of rotatable bonds is 2. The quantitative estimate of drug-likeness (QED) is 0.907. The Balaban J connectivity index is 1.52. The second-order valence-electron chi connectivity index (χ2n) is 6.71. The zero-order chi connectivity index (χ0) is 14.4. The van der Waals surface area contributed by atoms with Crippen LogP contribution in [0.1, 0.15) is 37.7 Å². The molecule has 0 spiro atoms. The summed E-state index contributed by atoms with van der Waals surface area (Å²) in [7, 11) is 2.31. The highest BCUT2D eigenvalue weighted by atomic mass is 32.1. The van der Waals surface area contributed by atoms with Crippen LogP contribution in [-0.4, -0.2) is 35.1 Å². The Labute approximate surface area is 130 Å². The van der Waals surface area contributed by atoms with Gasteiger partial charge in [0.15, 0.2) is 5.13 Å². The summed E-state index contributed by atoms with van der Waals surface area (Å²) in [4.78, 5) is 7.37. The van der Waals surface area contributed by atoms with Crippen LogP contribution in [0, 0.1) is 6.92 Å². The topological polar surface area (TPSA) is 28.2 Å². The number of nitrogens with zero attached hydrogens (tertiary/aromatic N) is 2. The van der Waals surface area contributed by atoms with E-state index in [1.165, 1.54) is 42.4 Å². The van der Waals surface area contributed by atoms with E-state index in [0.717, 1.165) is 22.7 Å².